The molecule has 20 heavy (non-hydrogen) atoms. The van der Waals surface area contributed by atoms with Gasteiger partial charge >= 0.3 is 5.97 Å². The Kier molecular flexibility index (Phi) is 13.6. The predicted molar refractivity (Wildman–Crippen MR) is 79.4 cm³/mol. The zero-order chi connectivity index (χ0) is 15.1. The maximum Gasteiger partial charge on any atom is 0.305 e. The number of hydrogen-bond acceptors (Lipinski definition) is 4. The molecule has 0 saturated carbocycles. The van der Waals surface area contributed by atoms with Crippen LogP contribution in [0, 0.1) is 5.92 Å². The van der Waals surface area contributed by atoms with Crippen molar-refractivity contribution in [2.75, 3.05) is 13.2 Å². The molecule has 0 saturated heterocycles. The van der Waals surface area contributed by atoms with Crippen LogP contribution in [0.2, 0.25) is 0 Å². The molecule has 0 rings (SSSR count). The Bertz CT molecular complexity index is 241. The maximum atomic E-state index is 11.5. The van der Waals surface area contributed by atoms with Gasteiger partial charge in [-0.05, 0) is 31.6 Å². The van der Waals surface area contributed by atoms with Gasteiger partial charge in [-0.25, -0.2) is 0 Å². The number of rotatable bonds is 14. The quantitative estimate of drug-likeness (QED) is 0.276. The van der Waals surface area contributed by atoms with Gasteiger partial charge in [-0.2, -0.15) is 0 Å². The summed E-state index contributed by atoms with van der Waals surface area (Å²) in [5.41, 5.74) is 0. The summed E-state index contributed by atoms with van der Waals surface area (Å²) in [6, 6.07) is 0. The molecule has 0 aliphatic rings. The summed E-state index contributed by atoms with van der Waals surface area (Å²) in [5.74, 6) is 0.648. The van der Waals surface area contributed by atoms with Crippen molar-refractivity contribution in [2.45, 2.75) is 71.6 Å². The molecule has 0 aliphatic heterocycles. The van der Waals surface area contributed by atoms with Crippen LogP contribution >= 0.6 is 0 Å². The molecule has 0 bridgehead atoms. The van der Waals surface area contributed by atoms with Crippen LogP contribution in [0.1, 0.15) is 71.6 Å². The molecule has 4 nitrogen and oxygen atoms in total. The normalized spacial score (nSPS) is 11.9. The number of ether oxygens (including phenoxy) is 2. The first-order valence-electron chi connectivity index (χ1n) is 7.91. The lowest BCUT2D eigenvalue weighted by molar-refractivity contribution is -0.144. The van der Waals surface area contributed by atoms with E-state index in [0.29, 0.717) is 26.1 Å². The Hall–Kier alpha value is -1.06. The molecule has 0 spiro atoms. The third kappa shape index (κ3) is 13.4. The largest absolute Gasteiger partial charge is 0.468 e. The molecule has 0 amide bonds. The Morgan fingerprint density at radius 2 is 1.75 bits per heavy atom. The minimum Gasteiger partial charge on any atom is -0.468 e. The minimum absolute atomic E-state index is 0.0709. The lowest BCUT2D eigenvalue weighted by Gasteiger charge is -2.08. The van der Waals surface area contributed by atoms with Gasteiger partial charge in [0.1, 0.15) is 0 Å². The van der Waals surface area contributed by atoms with Gasteiger partial charge in [0, 0.05) is 6.42 Å². The number of unbranched alkanes of at least 4 members (excludes halogenated alkanes) is 4. The fourth-order valence-electron chi connectivity index (χ4n) is 1.93. The zero-order valence-electron chi connectivity index (χ0n) is 13.1. The highest BCUT2D eigenvalue weighted by atomic mass is 16.5. The molecule has 4 heteroatoms. The summed E-state index contributed by atoms with van der Waals surface area (Å²) in [5, 5.41) is 0. The van der Waals surface area contributed by atoms with Crippen molar-refractivity contribution in [3.63, 3.8) is 0 Å². The third-order valence-electron chi connectivity index (χ3n) is 3.51. The van der Waals surface area contributed by atoms with Crippen LogP contribution in [0.5, 0.6) is 0 Å². The summed E-state index contributed by atoms with van der Waals surface area (Å²) >= 11 is 0. The van der Waals surface area contributed by atoms with E-state index >= 15 is 0 Å². The van der Waals surface area contributed by atoms with Crippen LogP contribution in [0.3, 0.4) is 0 Å². The fourth-order valence-corrected chi connectivity index (χ4v) is 1.93. The monoisotopic (exact) mass is 286 g/mol. The van der Waals surface area contributed by atoms with Crippen molar-refractivity contribution in [1.82, 2.24) is 0 Å². The molecular weight excluding hydrogens is 256 g/mol. The number of esters is 1. The van der Waals surface area contributed by atoms with Gasteiger partial charge in [-0.15, -0.1) is 0 Å². The molecule has 0 radical (unpaired) electrons. The van der Waals surface area contributed by atoms with Crippen molar-refractivity contribution in [3.05, 3.63) is 0 Å². The molecule has 0 aromatic heterocycles. The van der Waals surface area contributed by atoms with Gasteiger partial charge in [0.2, 0.25) is 0 Å². The van der Waals surface area contributed by atoms with Crippen LogP contribution in [0.15, 0.2) is 0 Å². The van der Waals surface area contributed by atoms with E-state index in [0.717, 1.165) is 50.9 Å². The van der Waals surface area contributed by atoms with Gasteiger partial charge in [0.05, 0.1) is 13.2 Å². The van der Waals surface area contributed by atoms with E-state index < -0.39 is 0 Å². The first kappa shape index (κ1) is 18.9. The molecule has 0 aliphatic carbocycles. The molecule has 118 valence electrons. The van der Waals surface area contributed by atoms with Gasteiger partial charge in [0.25, 0.3) is 6.47 Å². The van der Waals surface area contributed by atoms with Crippen LogP contribution in [-0.2, 0) is 19.1 Å². The van der Waals surface area contributed by atoms with Crippen LogP contribution < -0.4 is 0 Å². The molecule has 0 N–H and O–H groups in total. The van der Waals surface area contributed by atoms with E-state index in [1.807, 2.05) is 0 Å². The first-order chi connectivity index (χ1) is 9.70. The van der Waals surface area contributed by atoms with E-state index in [9.17, 15) is 9.59 Å². The second kappa shape index (κ2) is 14.4. The second-order valence-electron chi connectivity index (χ2n) is 5.36. The Morgan fingerprint density at radius 1 is 1.05 bits per heavy atom. The standard InChI is InChI=1S/C16H30O4/c1-3-15(2)10-9-13-20-16(18)11-7-5-4-6-8-12-19-14-17/h14-15H,3-13H2,1-2H3. The topological polar surface area (TPSA) is 52.6 Å². The van der Waals surface area contributed by atoms with Gasteiger partial charge < -0.3 is 9.47 Å². The van der Waals surface area contributed by atoms with E-state index in [1.54, 1.807) is 0 Å². The molecular formula is C16H30O4. The smallest absolute Gasteiger partial charge is 0.305 e. The van der Waals surface area contributed by atoms with Crippen molar-refractivity contribution < 1.29 is 19.1 Å². The number of hydrogen-bond donors (Lipinski definition) is 0. The summed E-state index contributed by atoms with van der Waals surface area (Å²) in [7, 11) is 0. The average molecular weight is 286 g/mol. The molecule has 0 fully saturated rings. The molecule has 0 aromatic carbocycles. The van der Waals surface area contributed by atoms with E-state index in [4.69, 9.17) is 4.74 Å². The predicted octanol–water partition coefficient (Wildman–Crippen LogP) is 3.87. The van der Waals surface area contributed by atoms with Gasteiger partial charge in [-0.3, -0.25) is 9.59 Å². The summed E-state index contributed by atoms with van der Waals surface area (Å²) in [6.07, 6.45) is 8.74. The van der Waals surface area contributed by atoms with Gasteiger partial charge in [0.15, 0.2) is 0 Å². The highest BCUT2D eigenvalue weighted by Gasteiger charge is 2.03. The summed E-state index contributed by atoms with van der Waals surface area (Å²) in [4.78, 5) is 21.4. The lowest BCUT2D eigenvalue weighted by atomic mass is 10.0. The van der Waals surface area contributed by atoms with Gasteiger partial charge in [-0.1, -0.05) is 39.5 Å². The number of carbonyl (C=O) groups is 2. The molecule has 0 aromatic rings. The highest BCUT2D eigenvalue weighted by molar-refractivity contribution is 5.69. The first-order valence-corrected chi connectivity index (χ1v) is 7.91. The van der Waals surface area contributed by atoms with Crippen molar-refractivity contribution >= 4 is 12.4 Å². The van der Waals surface area contributed by atoms with Crippen molar-refractivity contribution in [3.8, 4) is 0 Å². The second-order valence-corrected chi connectivity index (χ2v) is 5.36. The third-order valence-corrected chi connectivity index (χ3v) is 3.51. The summed E-state index contributed by atoms with van der Waals surface area (Å²) in [6.45, 7) is 5.95. The molecule has 1 unspecified atom stereocenters. The average Bonchev–Trinajstić information content (AvgIpc) is 2.46. The maximum absolute atomic E-state index is 11.5. The van der Waals surface area contributed by atoms with E-state index in [1.165, 1.54) is 6.42 Å². The van der Waals surface area contributed by atoms with Crippen LogP contribution in [0.25, 0.3) is 0 Å². The van der Waals surface area contributed by atoms with Crippen LogP contribution in [0.4, 0.5) is 0 Å². The van der Waals surface area contributed by atoms with E-state index in [2.05, 4.69) is 18.6 Å². The molecule has 1 atom stereocenters. The number of carbonyl (C=O) groups excluding carboxylic acids is 2. The Balaban J connectivity index is 3.22. The van der Waals surface area contributed by atoms with E-state index in [-0.39, 0.29) is 5.97 Å². The zero-order valence-corrected chi connectivity index (χ0v) is 13.1. The highest BCUT2D eigenvalue weighted by Crippen LogP contribution is 2.10. The Morgan fingerprint density at radius 3 is 2.45 bits per heavy atom. The minimum atomic E-state index is -0.0709. The van der Waals surface area contributed by atoms with Crippen molar-refractivity contribution in [2.24, 2.45) is 5.92 Å². The van der Waals surface area contributed by atoms with Crippen molar-refractivity contribution in [1.29, 1.82) is 0 Å². The van der Waals surface area contributed by atoms with Crippen LogP contribution in [-0.4, -0.2) is 25.7 Å². The Labute approximate surface area is 123 Å². The lowest BCUT2D eigenvalue weighted by Crippen LogP contribution is -2.06. The SMILES string of the molecule is CCC(C)CCCOC(=O)CCCCCCCOC=O. The molecule has 0 heterocycles. The fraction of sp³-hybridized carbons (Fsp3) is 0.875. The summed E-state index contributed by atoms with van der Waals surface area (Å²) < 4.78 is 9.80.